The molecule has 0 fully saturated rings. The minimum atomic E-state index is -0.904. The largest absolute Gasteiger partial charge is 0.481 e. The monoisotopic (exact) mass is 192 g/mol. The second-order valence-electron chi connectivity index (χ2n) is 2.89. The first-order chi connectivity index (χ1) is 6.66. The summed E-state index contributed by atoms with van der Waals surface area (Å²) in [6, 6.07) is 5.16. The second-order valence-corrected chi connectivity index (χ2v) is 2.89. The molecule has 3 N–H and O–H groups in total. The molecule has 0 aliphatic rings. The highest BCUT2D eigenvalue weighted by molar-refractivity contribution is 5.82. The van der Waals surface area contributed by atoms with Gasteiger partial charge in [-0.05, 0) is 11.6 Å². The van der Waals surface area contributed by atoms with Gasteiger partial charge in [-0.25, -0.2) is 0 Å². The topological polar surface area (TPSA) is 89.3 Å². The van der Waals surface area contributed by atoms with Crippen LogP contribution in [0, 0.1) is 0 Å². The van der Waals surface area contributed by atoms with Crippen molar-refractivity contribution in [3.63, 3.8) is 0 Å². The fourth-order valence-corrected chi connectivity index (χ4v) is 1.33. The van der Waals surface area contributed by atoms with Crippen LogP contribution in [0.4, 0.5) is 6.01 Å². The molecule has 1 aromatic heterocycles. The molecule has 0 aliphatic carbocycles. The van der Waals surface area contributed by atoms with Gasteiger partial charge in [0.25, 0.3) is 6.01 Å². The molecule has 0 saturated carbocycles. The standard InChI is InChI=1S/C9H8N2O3/c10-9-11-8-5(4-7(12)13)2-1-3-6(8)14-9/h1-3H,4H2,(H2,10,11)(H,12,13). The number of carboxylic acids is 1. The zero-order valence-corrected chi connectivity index (χ0v) is 7.23. The molecule has 5 heteroatoms. The zero-order chi connectivity index (χ0) is 10.1. The van der Waals surface area contributed by atoms with Gasteiger partial charge in [-0.1, -0.05) is 12.1 Å². The zero-order valence-electron chi connectivity index (χ0n) is 7.23. The minimum absolute atomic E-state index is 0.0536. The molecular formula is C9H8N2O3. The van der Waals surface area contributed by atoms with Crippen LogP contribution in [0.5, 0.6) is 0 Å². The van der Waals surface area contributed by atoms with Crippen LogP contribution in [0.15, 0.2) is 22.6 Å². The molecule has 1 heterocycles. The van der Waals surface area contributed by atoms with Crippen molar-refractivity contribution in [1.29, 1.82) is 0 Å². The summed E-state index contributed by atoms with van der Waals surface area (Å²) in [5.74, 6) is -0.904. The molecule has 1 aromatic carbocycles. The number of hydrogen-bond donors (Lipinski definition) is 2. The molecule has 5 nitrogen and oxygen atoms in total. The van der Waals surface area contributed by atoms with Crippen LogP contribution in [0.25, 0.3) is 11.1 Å². The van der Waals surface area contributed by atoms with Crippen molar-refractivity contribution in [3.8, 4) is 0 Å². The number of aliphatic carboxylic acids is 1. The van der Waals surface area contributed by atoms with Crippen molar-refractivity contribution in [1.82, 2.24) is 4.98 Å². The Balaban J connectivity index is 2.58. The molecule has 2 rings (SSSR count). The lowest BCUT2D eigenvalue weighted by Crippen LogP contribution is -2.00. The van der Waals surface area contributed by atoms with Crippen LogP contribution in [-0.4, -0.2) is 16.1 Å². The van der Waals surface area contributed by atoms with Gasteiger partial charge in [0, 0.05) is 0 Å². The van der Waals surface area contributed by atoms with Gasteiger partial charge >= 0.3 is 5.97 Å². The predicted molar refractivity (Wildman–Crippen MR) is 49.8 cm³/mol. The third kappa shape index (κ3) is 1.39. The first kappa shape index (κ1) is 8.55. The van der Waals surface area contributed by atoms with Gasteiger partial charge in [-0.2, -0.15) is 4.98 Å². The van der Waals surface area contributed by atoms with Gasteiger partial charge < -0.3 is 15.3 Å². The van der Waals surface area contributed by atoms with Gasteiger partial charge in [0.15, 0.2) is 5.58 Å². The van der Waals surface area contributed by atoms with Crippen LogP contribution in [-0.2, 0) is 11.2 Å². The lowest BCUT2D eigenvalue weighted by molar-refractivity contribution is -0.136. The number of nitrogen functional groups attached to an aromatic ring is 1. The number of aromatic nitrogens is 1. The minimum Gasteiger partial charge on any atom is -0.481 e. The van der Waals surface area contributed by atoms with E-state index in [2.05, 4.69) is 4.98 Å². The van der Waals surface area contributed by atoms with Gasteiger partial charge in [0.05, 0.1) is 6.42 Å². The molecular weight excluding hydrogens is 184 g/mol. The second kappa shape index (κ2) is 3.02. The third-order valence-electron chi connectivity index (χ3n) is 1.86. The summed E-state index contributed by atoms with van der Waals surface area (Å²) in [7, 11) is 0. The van der Waals surface area contributed by atoms with E-state index in [0.717, 1.165) is 0 Å². The van der Waals surface area contributed by atoms with Crippen LogP contribution in [0.3, 0.4) is 0 Å². The number of rotatable bonds is 2. The highest BCUT2D eigenvalue weighted by Crippen LogP contribution is 2.20. The number of nitrogens with zero attached hydrogens (tertiary/aromatic N) is 1. The number of anilines is 1. The summed E-state index contributed by atoms with van der Waals surface area (Å²) in [6.07, 6.45) is -0.0800. The van der Waals surface area contributed by atoms with Gasteiger partial charge in [0.2, 0.25) is 0 Å². The van der Waals surface area contributed by atoms with Gasteiger partial charge in [-0.3, -0.25) is 4.79 Å². The first-order valence-electron chi connectivity index (χ1n) is 4.02. The molecule has 0 amide bonds. The van der Waals surface area contributed by atoms with Crippen molar-refractivity contribution >= 4 is 23.1 Å². The van der Waals surface area contributed by atoms with Crippen LogP contribution in [0.1, 0.15) is 5.56 Å². The van der Waals surface area contributed by atoms with Crippen molar-refractivity contribution in [2.45, 2.75) is 6.42 Å². The van der Waals surface area contributed by atoms with Gasteiger partial charge in [-0.15, -0.1) is 0 Å². The summed E-state index contributed by atoms with van der Waals surface area (Å²) < 4.78 is 5.06. The Morgan fingerprint density at radius 2 is 2.36 bits per heavy atom. The average molecular weight is 192 g/mol. The molecule has 72 valence electrons. The maximum absolute atomic E-state index is 10.5. The molecule has 2 aromatic rings. The Labute approximate surface area is 79.2 Å². The van der Waals surface area contributed by atoms with Crippen molar-refractivity contribution in [2.75, 3.05) is 5.73 Å². The fraction of sp³-hybridized carbons (Fsp3) is 0.111. The van der Waals surface area contributed by atoms with E-state index in [4.69, 9.17) is 15.3 Å². The number of benzene rings is 1. The lowest BCUT2D eigenvalue weighted by Gasteiger charge is -1.95. The fourth-order valence-electron chi connectivity index (χ4n) is 1.33. The molecule has 0 atom stereocenters. The Hall–Kier alpha value is -2.04. The van der Waals surface area contributed by atoms with Crippen LogP contribution in [0.2, 0.25) is 0 Å². The number of hydrogen-bond acceptors (Lipinski definition) is 4. The Bertz CT molecular complexity index is 490. The SMILES string of the molecule is Nc1nc2c(CC(=O)O)cccc2o1. The molecule has 0 spiro atoms. The molecule has 0 saturated heterocycles. The van der Waals surface area contributed by atoms with E-state index in [1.165, 1.54) is 0 Å². The van der Waals surface area contributed by atoms with E-state index in [0.29, 0.717) is 16.7 Å². The van der Waals surface area contributed by atoms with E-state index >= 15 is 0 Å². The summed E-state index contributed by atoms with van der Waals surface area (Å²) in [6.45, 7) is 0. The highest BCUT2D eigenvalue weighted by atomic mass is 16.4. The molecule has 0 unspecified atom stereocenters. The van der Waals surface area contributed by atoms with Gasteiger partial charge in [0.1, 0.15) is 5.52 Å². The molecule has 0 bridgehead atoms. The number of carboxylic acid groups (broad SMARTS) is 1. The van der Waals surface area contributed by atoms with E-state index in [-0.39, 0.29) is 12.4 Å². The maximum atomic E-state index is 10.5. The number of oxazole rings is 1. The van der Waals surface area contributed by atoms with Crippen LogP contribution < -0.4 is 5.73 Å². The molecule has 0 radical (unpaired) electrons. The summed E-state index contributed by atoms with van der Waals surface area (Å²) in [4.78, 5) is 14.4. The van der Waals surface area contributed by atoms with Crippen LogP contribution >= 0.6 is 0 Å². The number of fused-ring (bicyclic) bond motifs is 1. The summed E-state index contributed by atoms with van der Waals surface area (Å²) in [5, 5.41) is 8.64. The Morgan fingerprint density at radius 1 is 1.57 bits per heavy atom. The van der Waals surface area contributed by atoms with E-state index < -0.39 is 5.97 Å². The van der Waals surface area contributed by atoms with Crippen molar-refractivity contribution in [3.05, 3.63) is 23.8 Å². The molecule has 14 heavy (non-hydrogen) atoms. The number of nitrogens with two attached hydrogens (primary N) is 1. The Morgan fingerprint density at radius 3 is 3.07 bits per heavy atom. The van der Waals surface area contributed by atoms with Crippen molar-refractivity contribution < 1.29 is 14.3 Å². The lowest BCUT2D eigenvalue weighted by atomic mass is 10.1. The average Bonchev–Trinajstić information content (AvgIpc) is 2.45. The highest BCUT2D eigenvalue weighted by Gasteiger charge is 2.09. The first-order valence-corrected chi connectivity index (χ1v) is 4.02. The molecule has 0 aliphatic heterocycles. The van der Waals surface area contributed by atoms with Crippen molar-refractivity contribution in [2.24, 2.45) is 0 Å². The maximum Gasteiger partial charge on any atom is 0.307 e. The number of para-hydroxylation sites is 1. The smallest absolute Gasteiger partial charge is 0.307 e. The normalized spacial score (nSPS) is 10.6. The third-order valence-corrected chi connectivity index (χ3v) is 1.86. The predicted octanol–water partition coefficient (Wildman–Crippen LogP) is 1.04. The van der Waals surface area contributed by atoms with E-state index in [1.807, 2.05) is 0 Å². The summed E-state index contributed by atoms with van der Waals surface area (Å²) >= 11 is 0. The Kier molecular flexibility index (Phi) is 1.85. The van der Waals surface area contributed by atoms with E-state index in [1.54, 1.807) is 18.2 Å². The number of carbonyl (C=O) groups is 1. The summed E-state index contributed by atoms with van der Waals surface area (Å²) in [5.41, 5.74) is 7.01. The van der Waals surface area contributed by atoms with E-state index in [9.17, 15) is 4.79 Å². The quantitative estimate of drug-likeness (QED) is 0.741.